The average Bonchev–Trinajstić information content (AvgIpc) is 2.87. The molecule has 3 aromatic carbocycles. The van der Waals surface area contributed by atoms with Crippen molar-refractivity contribution in [1.29, 1.82) is 0 Å². The summed E-state index contributed by atoms with van der Waals surface area (Å²) in [5.74, 6) is 0.259. The molecule has 34 heavy (non-hydrogen) atoms. The molecule has 0 aliphatic carbocycles. The highest BCUT2D eigenvalue weighted by Gasteiger charge is 2.25. The van der Waals surface area contributed by atoms with E-state index in [0.717, 1.165) is 16.9 Å². The van der Waals surface area contributed by atoms with Gasteiger partial charge in [-0.05, 0) is 53.6 Å². The minimum atomic E-state index is -0.400. The molecule has 5 nitrogen and oxygen atoms in total. The molecule has 0 unspecified atom stereocenters. The number of methoxy groups -OCH3 is 1. The monoisotopic (exact) mass is 482 g/mol. The quantitative estimate of drug-likeness (QED) is 0.442. The average molecular weight is 483 g/mol. The first kappa shape index (κ1) is 24.2. The molecule has 0 N–H and O–H groups in total. The lowest BCUT2D eigenvalue weighted by Crippen LogP contribution is -2.49. The van der Waals surface area contributed by atoms with Crippen molar-refractivity contribution >= 4 is 17.5 Å². The van der Waals surface area contributed by atoms with E-state index in [9.17, 15) is 9.18 Å². The van der Waals surface area contributed by atoms with Crippen LogP contribution < -0.4 is 4.74 Å². The van der Waals surface area contributed by atoms with E-state index in [1.54, 1.807) is 24.1 Å². The Labute approximate surface area is 204 Å². The van der Waals surface area contributed by atoms with Crippen LogP contribution >= 0.6 is 11.6 Å². The molecule has 3 aromatic rings. The third-order valence-electron chi connectivity index (χ3n) is 5.98. The van der Waals surface area contributed by atoms with Crippen LogP contribution in [-0.2, 0) is 11.3 Å². The van der Waals surface area contributed by atoms with Gasteiger partial charge >= 0.3 is 0 Å². The van der Waals surface area contributed by atoms with Crippen molar-refractivity contribution in [3.05, 3.63) is 100 Å². The van der Waals surface area contributed by atoms with Crippen LogP contribution in [0.2, 0.25) is 5.02 Å². The van der Waals surface area contributed by atoms with Gasteiger partial charge in [0.2, 0.25) is 0 Å². The van der Waals surface area contributed by atoms with Gasteiger partial charge in [0.25, 0.3) is 5.91 Å². The summed E-state index contributed by atoms with van der Waals surface area (Å²) < 4.78 is 25.2. The zero-order valence-electron chi connectivity index (χ0n) is 19.1. The number of hydrogen-bond donors (Lipinski definition) is 0. The molecule has 4 rings (SSSR count). The number of amides is 1. The minimum absolute atomic E-state index is 0.136. The Bertz CT molecular complexity index is 1100. The smallest absolute Gasteiger partial charge is 0.254 e. The van der Waals surface area contributed by atoms with Gasteiger partial charge in [0.15, 0.2) is 0 Å². The Morgan fingerprint density at radius 2 is 1.74 bits per heavy atom. The van der Waals surface area contributed by atoms with Gasteiger partial charge in [0, 0.05) is 43.3 Å². The summed E-state index contributed by atoms with van der Waals surface area (Å²) in [5, 5.41) is 0.680. The fraction of sp³-hybridized carbons (Fsp3) is 0.296. The summed E-state index contributed by atoms with van der Waals surface area (Å²) in [7, 11) is 1.65. The van der Waals surface area contributed by atoms with Crippen LogP contribution in [0.4, 0.5) is 4.39 Å². The molecule has 1 aliphatic rings. The maximum absolute atomic E-state index is 13.5. The molecule has 1 fully saturated rings. The molecule has 0 bridgehead atoms. The maximum atomic E-state index is 13.5. The number of ether oxygens (including phenoxy) is 2. The molecule has 1 saturated heterocycles. The van der Waals surface area contributed by atoms with Crippen LogP contribution in [0, 0.1) is 5.82 Å². The normalized spacial score (nSPS) is 15.2. The predicted octanol–water partition coefficient (Wildman–Crippen LogP) is 5.20. The van der Waals surface area contributed by atoms with Crippen LogP contribution in [0.1, 0.15) is 27.6 Å². The summed E-state index contributed by atoms with van der Waals surface area (Å²) in [6, 6.07) is 21.4. The summed E-state index contributed by atoms with van der Waals surface area (Å²) in [6.07, 6.45) is -0.158. The van der Waals surface area contributed by atoms with Crippen molar-refractivity contribution < 1.29 is 18.7 Å². The lowest BCUT2D eigenvalue weighted by atomic mass is 10.1. The van der Waals surface area contributed by atoms with Crippen molar-refractivity contribution in [2.24, 2.45) is 0 Å². The van der Waals surface area contributed by atoms with Crippen LogP contribution in [0.15, 0.2) is 72.8 Å². The minimum Gasteiger partial charge on any atom is -0.497 e. The number of piperazine rings is 1. The van der Waals surface area contributed by atoms with E-state index in [-0.39, 0.29) is 12.0 Å². The number of halogens is 2. The van der Waals surface area contributed by atoms with Crippen LogP contribution in [0.25, 0.3) is 0 Å². The molecule has 0 spiro atoms. The number of carbonyl (C=O) groups is 1. The molecule has 1 aliphatic heterocycles. The fourth-order valence-electron chi connectivity index (χ4n) is 4.06. The molecular weight excluding hydrogens is 455 g/mol. The fourth-order valence-corrected chi connectivity index (χ4v) is 4.19. The number of nitrogens with zero attached hydrogens (tertiary/aromatic N) is 2. The standard InChI is InChI=1S/C27H28ClFN2O3/c1-33-25-7-2-4-20(16-25)19-34-26(21-8-10-23(28)11-9-21)18-30-12-14-31(15-13-30)27(32)22-5-3-6-24(29)17-22/h2-11,16-17,26H,12-15,18-19H2,1H3/t26-/m0/s1. The molecule has 1 heterocycles. The largest absolute Gasteiger partial charge is 0.497 e. The highest BCUT2D eigenvalue weighted by atomic mass is 35.5. The molecule has 1 atom stereocenters. The Morgan fingerprint density at radius 3 is 2.44 bits per heavy atom. The zero-order valence-corrected chi connectivity index (χ0v) is 19.9. The number of rotatable bonds is 8. The summed E-state index contributed by atoms with van der Waals surface area (Å²) in [5.41, 5.74) is 2.46. The van der Waals surface area contributed by atoms with Gasteiger partial charge in [-0.15, -0.1) is 0 Å². The third-order valence-corrected chi connectivity index (χ3v) is 6.23. The van der Waals surface area contributed by atoms with E-state index in [2.05, 4.69) is 4.90 Å². The Morgan fingerprint density at radius 1 is 1.00 bits per heavy atom. The van der Waals surface area contributed by atoms with E-state index in [0.29, 0.717) is 49.9 Å². The lowest BCUT2D eigenvalue weighted by Gasteiger charge is -2.36. The first-order chi connectivity index (χ1) is 16.5. The summed E-state index contributed by atoms with van der Waals surface area (Å²) >= 11 is 6.09. The number of carbonyl (C=O) groups excluding carboxylic acids is 1. The highest BCUT2D eigenvalue weighted by molar-refractivity contribution is 6.30. The number of hydrogen-bond acceptors (Lipinski definition) is 4. The van der Waals surface area contributed by atoms with E-state index in [1.165, 1.54) is 12.1 Å². The van der Waals surface area contributed by atoms with Crippen molar-refractivity contribution in [2.75, 3.05) is 39.8 Å². The van der Waals surface area contributed by atoms with Crippen LogP contribution in [0.3, 0.4) is 0 Å². The van der Waals surface area contributed by atoms with Gasteiger partial charge in [0.05, 0.1) is 19.8 Å². The van der Waals surface area contributed by atoms with E-state index in [1.807, 2.05) is 48.5 Å². The van der Waals surface area contributed by atoms with Crippen LogP contribution in [-0.4, -0.2) is 55.5 Å². The molecule has 1 amide bonds. The summed E-state index contributed by atoms with van der Waals surface area (Å²) in [4.78, 5) is 16.8. The zero-order chi connectivity index (χ0) is 23.9. The second-order valence-corrected chi connectivity index (χ2v) is 8.74. The Kier molecular flexibility index (Phi) is 8.16. The van der Waals surface area contributed by atoms with E-state index < -0.39 is 5.82 Å². The van der Waals surface area contributed by atoms with Crippen molar-refractivity contribution in [1.82, 2.24) is 9.80 Å². The Balaban J connectivity index is 1.39. The number of benzene rings is 3. The molecule has 0 radical (unpaired) electrons. The molecule has 0 aromatic heterocycles. The van der Waals surface area contributed by atoms with Gasteiger partial charge in [-0.1, -0.05) is 41.9 Å². The highest BCUT2D eigenvalue weighted by Crippen LogP contribution is 2.24. The van der Waals surface area contributed by atoms with E-state index in [4.69, 9.17) is 21.1 Å². The predicted molar refractivity (Wildman–Crippen MR) is 131 cm³/mol. The summed E-state index contributed by atoms with van der Waals surface area (Å²) in [6.45, 7) is 3.73. The maximum Gasteiger partial charge on any atom is 0.254 e. The first-order valence-electron chi connectivity index (χ1n) is 11.3. The first-order valence-corrected chi connectivity index (χ1v) is 11.7. The van der Waals surface area contributed by atoms with Crippen molar-refractivity contribution in [3.63, 3.8) is 0 Å². The second-order valence-electron chi connectivity index (χ2n) is 8.31. The van der Waals surface area contributed by atoms with Crippen molar-refractivity contribution in [3.8, 4) is 5.75 Å². The molecule has 7 heteroatoms. The molecule has 178 valence electrons. The second kappa shape index (κ2) is 11.5. The van der Waals surface area contributed by atoms with Crippen molar-refractivity contribution in [2.45, 2.75) is 12.7 Å². The van der Waals surface area contributed by atoms with E-state index >= 15 is 0 Å². The molecule has 0 saturated carbocycles. The van der Waals surface area contributed by atoms with Gasteiger partial charge in [-0.3, -0.25) is 9.69 Å². The molecular formula is C27H28ClFN2O3. The van der Waals surface area contributed by atoms with Gasteiger partial charge in [-0.2, -0.15) is 0 Å². The van der Waals surface area contributed by atoms with Gasteiger partial charge < -0.3 is 14.4 Å². The van der Waals surface area contributed by atoms with Crippen LogP contribution in [0.5, 0.6) is 5.75 Å². The van der Waals surface area contributed by atoms with Gasteiger partial charge in [-0.25, -0.2) is 4.39 Å². The topological polar surface area (TPSA) is 42.0 Å². The SMILES string of the molecule is COc1cccc(CO[C@@H](CN2CCN(C(=O)c3cccc(F)c3)CC2)c2ccc(Cl)cc2)c1. The lowest BCUT2D eigenvalue weighted by molar-refractivity contribution is 0.00337. The third kappa shape index (κ3) is 6.35. The van der Waals surface area contributed by atoms with Gasteiger partial charge in [0.1, 0.15) is 11.6 Å². The Hall–Kier alpha value is -2.93.